The van der Waals surface area contributed by atoms with E-state index in [1.807, 2.05) is 13.8 Å². The van der Waals surface area contributed by atoms with Crippen molar-refractivity contribution in [2.24, 2.45) is 11.7 Å². The van der Waals surface area contributed by atoms with Gasteiger partial charge < -0.3 is 26.0 Å². The minimum Gasteiger partial charge on any atom is -0.480 e. The molecule has 1 rings (SSSR count). The maximum Gasteiger partial charge on any atom is 0.326 e. The van der Waals surface area contributed by atoms with Crippen molar-refractivity contribution < 1.29 is 29.1 Å². The lowest BCUT2D eigenvalue weighted by Gasteiger charge is -2.38. The normalized spacial score (nSPS) is 16.5. The van der Waals surface area contributed by atoms with Gasteiger partial charge in [-0.1, -0.05) is 20.4 Å². The topological polar surface area (TPSA) is 150 Å². The smallest absolute Gasteiger partial charge is 0.326 e. The van der Waals surface area contributed by atoms with Gasteiger partial charge in [-0.3, -0.25) is 19.2 Å². The summed E-state index contributed by atoms with van der Waals surface area (Å²) in [6.07, 6.45) is 1.21. The van der Waals surface area contributed by atoms with Crippen LogP contribution in [0.15, 0.2) is 12.7 Å². The fourth-order valence-corrected chi connectivity index (χ4v) is 3.04. The lowest BCUT2D eigenvalue weighted by Crippen LogP contribution is -2.60. The second kappa shape index (κ2) is 10.4. The zero-order valence-corrected chi connectivity index (χ0v) is 16.2. The number of aliphatic carboxylic acids is 1. The molecule has 2 atom stereocenters. The molecule has 4 amide bonds. The van der Waals surface area contributed by atoms with Crippen LogP contribution in [-0.2, 0) is 24.0 Å². The van der Waals surface area contributed by atoms with E-state index in [0.29, 0.717) is 6.42 Å². The minimum atomic E-state index is -1.23. The Kier molecular flexibility index (Phi) is 8.62. The molecule has 0 aliphatic carbocycles. The van der Waals surface area contributed by atoms with Gasteiger partial charge in [0.15, 0.2) is 0 Å². The van der Waals surface area contributed by atoms with E-state index < -0.39 is 41.7 Å². The summed E-state index contributed by atoms with van der Waals surface area (Å²) in [6, 6.07) is -1.97. The Morgan fingerprint density at radius 1 is 1.29 bits per heavy atom. The third-order valence-corrected chi connectivity index (χ3v) is 4.40. The molecule has 1 aliphatic rings. The average Bonchev–Trinajstić information content (AvgIpc) is 2.60. The van der Waals surface area contributed by atoms with E-state index in [4.69, 9.17) is 5.73 Å². The van der Waals surface area contributed by atoms with Crippen LogP contribution in [-0.4, -0.2) is 76.2 Å². The zero-order valence-electron chi connectivity index (χ0n) is 16.2. The number of carbonyl (C=O) groups excluding carboxylic acids is 4. The van der Waals surface area contributed by atoms with Gasteiger partial charge >= 0.3 is 5.97 Å². The van der Waals surface area contributed by atoms with Gasteiger partial charge in [-0.25, -0.2) is 4.79 Å². The van der Waals surface area contributed by atoms with Crippen LogP contribution in [0.5, 0.6) is 0 Å². The van der Waals surface area contributed by atoms with Gasteiger partial charge in [0.25, 0.3) is 0 Å². The summed E-state index contributed by atoms with van der Waals surface area (Å²) in [5.41, 5.74) is 5.06. The van der Waals surface area contributed by atoms with E-state index in [1.54, 1.807) is 0 Å². The third-order valence-electron chi connectivity index (χ3n) is 4.40. The first-order valence-electron chi connectivity index (χ1n) is 9.09. The Morgan fingerprint density at radius 2 is 1.93 bits per heavy atom. The summed E-state index contributed by atoms with van der Waals surface area (Å²) >= 11 is 0. The Morgan fingerprint density at radius 3 is 2.39 bits per heavy atom. The Bertz CT molecular complexity index is 648. The molecule has 0 aromatic rings. The lowest BCUT2D eigenvalue weighted by atomic mass is 10.0. The van der Waals surface area contributed by atoms with E-state index in [2.05, 4.69) is 11.9 Å². The molecule has 0 spiro atoms. The molecule has 0 unspecified atom stereocenters. The van der Waals surface area contributed by atoms with Crippen LogP contribution in [0.25, 0.3) is 0 Å². The van der Waals surface area contributed by atoms with Crippen molar-refractivity contribution in [3.8, 4) is 0 Å². The number of carboxylic acid groups (broad SMARTS) is 1. The molecule has 10 nitrogen and oxygen atoms in total. The maximum atomic E-state index is 12.8. The molecule has 1 saturated heterocycles. The first-order chi connectivity index (χ1) is 13.1. The Balaban J connectivity index is 2.84. The fourth-order valence-electron chi connectivity index (χ4n) is 3.04. The van der Waals surface area contributed by atoms with Gasteiger partial charge in [-0.05, 0) is 24.8 Å². The summed E-state index contributed by atoms with van der Waals surface area (Å²) in [6.45, 7) is 7.02. The van der Waals surface area contributed by atoms with E-state index >= 15 is 0 Å². The number of nitrogens with zero attached hydrogens (tertiary/aromatic N) is 2. The number of rotatable bonds is 10. The van der Waals surface area contributed by atoms with Crippen LogP contribution in [0, 0.1) is 5.92 Å². The maximum absolute atomic E-state index is 12.8. The van der Waals surface area contributed by atoms with Crippen LogP contribution in [0.1, 0.15) is 33.1 Å². The second-order valence-corrected chi connectivity index (χ2v) is 7.10. The number of primary amides is 1. The van der Waals surface area contributed by atoms with E-state index in [0.717, 1.165) is 11.0 Å². The van der Waals surface area contributed by atoms with Gasteiger partial charge in [0.2, 0.25) is 23.6 Å². The van der Waals surface area contributed by atoms with Crippen molar-refractivity contribution in [3.63, 3.8) is 0 Å². The standard InChI is InChI=1S/C18H28N4O6/c1-4-15(24)20-12(9-11(2)3)17(26)21-7-8-22(16(25)10-21)13(18(27)28)5-6-14(19)23/h4,11-13H,1,5-10H2,2-3H3,(H2,19,23)(H,20,24)(H,27,28)/t12-,13-/m0/s1. The molecule has 0 saturated carbocycles. The highest BCUT2D eigenvalue weighted by Crippen LogP contribution is 2.15. The molecule has 156 valence electrons. The molecule has 0 aromatic carbocycles. The van der Waals surface area contributed by atoms with Crippen molar-refractivity contribution in [1.29, 1.82) is 0 Å². The first-order valence-corrected chi connectivity index (χ1v) is 9.09. The van der Waals surface area contributed by atoms with Crippen LogP contribution in [0.2, 0.25) is 0 Å². The Hall–Kier alpha value is -2.91. The Labute approximate surface area is 163 Å². The molecule has 0 aromatic heterocycles. The van der Waals surface area contributed by atoms with Crippen LogP contribution in [0.3, 0.4) is 0 Å². The molecule has 10 heteroatoms. The highest BCUT2D eigenvalue weighted by molar-refractivity contribution is 5.94. The summed E-state index contributed by atoms with van der Waals surface area (Å²) in [5, 5.41) is 11.9. The number of hydrogen-bond donors (Lipinski definition) is 3. The monoisotopic (exact) mass is 396 g/mol. The van der Waals surface area contributed by atoms with Crippen molar-refractivity contribution in [2.45, 2.75) is 45.2 Å². The number of amides is 4. The van der Waals surface area contributed by atoms with E-state index in [1.165, 1.54) is 4.90 Å². The quantitative estimate of drug-likeness (QED) is 0.407. The number of carboxylic acids is 1. The van der Waals surface area contributed by atoms with Gasteiger partial charge in [0.1, 0.15) is 12.1 Å². The number of piperazine rings is 1. The SMILES string of the molecule is C=CC(=O)N[C@@H](CC(C)C)C(=O)N1CCN([C@@H](CCC(N)=O)C(=O)O)C(=O)C1. The van der Waals surface area contributed by atoms with Crippen LogP contribution >= 0.6 is 0 Å². The largest absolute Gasteiger partial charge is 0.480 e. The van der Waals surface area contributed by atoms with Crippen LogP contribution < -0.4 is 11.1 Å². The van der Waals surface area contributed by atoms with Crippen LogP contribution in [0.4, 0.5) is 0 Å². The summed E-state index contributed by atoms with van der Waals surface area (Å²) in [7, 11) is 0. The van der Waals surface area contributed by atoms with Crippen molar-refractivity contribution in [2.75, 3.05) is 19.6 Å². The van der Waals surface area contributed by atoms with Gasteiger partial charge in [-0.15, -0.1) is 0 Å². The van der Waals surface area contributed by atoms with Gasteiger partial charge in [0, 0.05) is 19.5 Å². The summed E-state index contributed by atoms with van der Waals surface area (Å²) in [5.74, 6) is -3.18. The van der Waals surface area contributed by atoms with Crippen molar-refractivity contribution >= 4 is 29.6 Å². The molecule has 1 heterocycles. The lowest BCUT2D eigenvalue weighted by molar-refractivity contribution is -0.156. The molecular weight excluding hydrogens is 368 g/mol. The van der Waals surface area contributed by atoms with Crippen molar-refractivity contribution in [3.05, 3.63) is 12.7 Å². The summed E-state index contributed by atoms with van der Waals surface area (Å²) in [4.78, 5) is 61.7. The average molecular weight is 396 g/mol. The van der Waals surface area contributed by atoms with Gasteiger partial charge in [0.05, 0.1) is 6.54 Å². The molecule has 1 fully saturated rings. The highest BCUT2D eigenvalue weighted by Gasteiger charge is 2.37. The molecule has 1 aliphatic heterocycles. The number of hydrogen-bond acceptors (Lipinski definition) is 5. The second-order valence-electron chi connectivity index (χ2n) is 7.10. The number of nitrogens with two attached hydrogens (primary N) is 1. The molecule has 0 bridgehead atoms. The zero-order chi connectivity index (χ0) is 21.4. The van der Waals surface area contributed by atoms with E-state index in [-0.39, 0.29) is 38.4 Å². The first kappa shape index (κ1) is 23.1. The van der Waals surface area contributed by atoms with Crippen molar-refractivity contribution in [1.82, 2.24) is 15.1 Å². The predicted octanol–water partition coefficient (Wildman–Crippen LogP) is -0.907. The van der Waals surface area contributed by atoms with E-state index in [9.17, 15) is 29.1 Å². The number of carbonyl (C=O) groups is 5. The summed E-state index contributed by atoms with van der Waals surface area (Å²) < 4.78 is 0. The molecule has 0 radical (unpaired) electrons. The van der Waals surface area contributed by atoms with Gasteiger partial charge in [-0.2, -0.15) is 0 Å². The molecule has 4 N–H and O–H groups in total. The highest BCUT2D eigenvalue weighted by atomic mass is 16.4. The fraction of sp³-hybridized carbons (Fsp3) is 0.611. The molecule has 28 heavy (non-hydrogen) atoms. The minimum absolute atomic E-state index is 0.0180. The predicted molar refractivity (Wildman–Crippen MR) is 99.7 cm³/mol. The third kappa shape index (κ3) is 6.67. The number of nitrogens with one attached hydrogen (secondary N) is 1. The molecular formula is C18H28N4O6.